The molecule has 1 aromatic carbocycles. The largest absolute Gasteiger partial charge is 0.465 e. The van der Waals surface area contributed by atoms with Gasteiger partial charge in [0.1, 0.15) is 11.4 Å². The van der Waals surface area contributed by atoms with Crippen molar-refractivity contribution < 1.29 is 19.4 Å². The van der Waals surface area contributed by atoms with Crippen molar-refractivity contribution in [2.75, 3.05) is 18.0 Å². The van der Waals surface area contributed by atoms with Crippen LogP contribution in [-0.2, 0) is 4.74 Å². The predicted octanol–water partition coefficient (Wildman–Crippen LogP) is 3.98. The van der Waals surface area contributed by atoms with Gasteiger partial charge < -0.3 is 25.4 Å². The molecule has 0 spiro atoms. The maximum absolute atomic E-state index is 12.3. The van der Waals surface area contributed by atoms with Crippen LogP contribution in [0.1, 0.15) is 51.3 Å². The first-order chi connectivity index (χ1) is 14.0. The Labute approximate surface area is 176 Å². The fourth-order valence-electron chi connectivity index (χ4n) is 3.73. The van der Waals surface area contributed by atoms with Crippen molar-refractivity contribution in [1.82, 2.24) is 15.6 Å². The van der Waals surface area contributed by atoms with Crippen molar-refractivity contribution in [3.63, 3.8) is 0 Å². The summed E-state index contributed by atoms with van der Waals surface area (Å²) >= 11 is 0. The number of hydrogen-bond donors (Lipinski definition) is 3. The Balaban J connectivity index is 1.94. The number of amides is 2. The first-order valence-corrected chi connectivity index (χ1v) is 10.2. The van der Waals surface area contributed by atoms with Gasteiger partial charge in [-0.25, -0.2) is 14.6 Å². The van der Waals surface area contributed by atoms with E-state index in [0.717, 1.165) is 27.8 Å². The van der Waals surface area contributed by atoms with Gasteiger partial charge in [-0.3, -0.25) is 0 Å². The molecule has 1 saturated heterocycles. The van der Waals surface area contributed by atoms with Crippen LogP contribution in [0.15, 0.2) is 24.3 Å². The molecular weight excluding hydrogens is 384 g/mol. The number of alkyl carbamates (subject to hydrolysis) is 1. The number of ether oxygens (including phenoxy) is 1. The zero-order valence-electron chi connectivity index (χ0n) is 18.2. The van der Waals surface area contributed by atoms with Crippen LogP contribution in [0.3, 0.4) is 0 Å². The summed E-state index contributed by atoms with van der Waals surface area (Å²) in [5, 5.41) is 15.5. The van der Waals surface area contributed by atoms with Crippen molar-refractivity contribution in [2.24, 2.45) is 0 Å². The lowest BCUT2D eigenvalue weighted by Gasteiger charge is -2.26. The summed E-state index contributed by atoms with van der Waals surface area (Å²) in [6.45, 7) is 10.6. The highest BCUT2D eigenvalue weighted by molar-refractivity contribution is 5.85. The third-order valence-electron chi connectivity index (χ3n) is 5.07. The van der Waals surface area contributed by atoms with Crippen molar-refractivity contribution in [1.29, 1.82) is 0 Å². The van der Waals surface area contributed by atoms with Gasteiger partial charge in [0.05, 0.1) is 17.6 Å². The van der Waals surface area contributed by atoms with Crippen molar-refractivity contribution in [2.45, 2.75) is 58.7 Å². The van der Waals surface area contributed by atoms with E-state index in [1.807, 2.05) is 58.9 Å². The van der Waals surface area contributed by atoms with Gasteiger partial charge in [-0.1, -0.05) is 18.2 Å². The lowest BCUT2D eigenvalue weighted by atomic mass is 10.0. The van der Waals surface area contributed by atoms with Crippen LogP contribution in [-0.4, -0.2) is 47.0 Å². The van der Waals surface area contributed by atoms with Crippen LogP contribution in [0, 0.1) is 6.92 Å². The number of fused-ring (bicyclic) bond motifs is 1. The summed E-state index contributed by atoms with van der Waals surface area (Å²) in [4.78, 5) is 30.4. The third-order valence-corrected chi connectivity index (χ3v) is 5.07. The summed E-state index contributed by atoms with van der Waals surface area (Å²) in [7, 11) is 0. The van der Waals surface area contributed by atoms with Crippen LogP contribution >= 0.6 is 0 Å². The van der Waals surface area contributed by atoms with Crippen LogP contribution in [0.25, 0.3) is 10.9 Å². The number of carbonyl (C=O) groups is 2. The average molecular weight is 415 g/mol. The van der Waals surface area contributed by atoms with Gasteiger partial charge in [0.2, 0.25) is 0 Å². The van der Waals surface area contributed by atoms with E-state index in [-0.39, 0.29) is 12.1 Å². The third kappa shape index (κ3) is 5.11. The van der Waals surface area contributed by atoms with Crippen LogP contribution in [0.5, 0.6) is 0 Å². The fraction of sp³-hybridized carbons (Fsp3) is 0.500. The van der Waals surface area contributed by atoms with Crippen molar-refractivity contribution >= 4 is 28.9 Å². The number of benzene rings is 1. The molecule has 3 rings (SSSR count). The molecule has 0 unspecified atom stereocenters. The molecule has 0 aliphatic carbocycles. The van der Waals surface area contributed by atoms with E-state index >= 15 is 0 Å². The highest BCUT2D eigenvalue weighted by atomic mass is 16.6. The number of aryl methyl sites for hydroxylation is 1. The van der Waals surface area contributed by atoms with Gasteiger partial charge in [0, 0.05) is 24.0 Å². The molecular formula is C22H30N4O4. The number of nitrogens with one attached hydrogen (secondary N) is 2. The van der Waals surface area contributed by atoms with Crippen LogP contribution in [0.4, 0.5) is 15.4 Å². The number of rotatable bonds is 4. The molecule has 2 heterocycles. The molecule has 1 fully saturated rings. The minimum Gasteiger partial charge on any atom is -0.465 e. The Bertz CT molecular complexity index is 954. The average Bonchev–Trinajstić information content (AvgIpc) is 3.07. The molecule has 0 saturated carbocycles. The van der Waals surface area contributed by atoms with Gasteiger partial charge in [0.25, 0.3) is 0 Å². The van der Waals surface area contributed by atoms with Gasteiger partial charge in [-0.15, -0.1) is 0 Å². The second kappa shape index (κ2) is 8.38. The van der Waals surface area contributed by atoms with Crippen LogP contribution < -0.4 is 15.5 Å². The molecule has 2 amide bonds. The summed E-state index contributed by atoms with van der Waals surface area (Å²) in [6, 6.07) is 7.56. The summed E-state index contributed by atoms with van der Waals surface area (Å²) in [6.07, 6.45) is -0.811. The van der Waals surface area contributed by atoms with E-state index in [1.165, 1.54) is 0 Å². The minimum absolute atomic E-state index is 0.154. The molecule has 30 heavy (non-hydrogen) atoms. The zero-order valence-corrected chi connectivity index (χ0v) is 18.2. The number of carboxylic acid groups (broad SMARTS) is 1. The highest BCUT2D eigenvalue weighted by Crippen LogP contribution is 2.32. The van der Waals surface area contributed by atoms with E-state index in [2.05, 4.69) is 15.5 Å². The first kappa shape index (κ1) is 21.7. The highest BCUT2D eigenvalue weighted by Gasteiger charge is 2.29. The molecule has 3 N–H and O–H groups in total. The number of nitrogens with zero attached hydrogens (tertiary/aromatic N) is 2. The van der Waals surface area contributed by atoms with Gasteiger partial charge >= 0.3 is 12.2 Å². The van der Waals surface area contributed by atoms with Crippen molar-refractivity contribution in [3.8, 4) is 0 Å². The Morgan fingerprint density at radius 1 is 1.33 bits per heavy atom. The molecule has 1 aromatic heterocycles. The molecule has 1 aliphatic rings. The number of para-hydroxylation sites is 1. The molecule has 8 heteroatoms. The van der Waals surface area contributed by atoms with Gasteiger partial charge in [0.15, 0.2) is 0 Å². The second-order valence-corrected chi connectivity index (χ2v) is 8.80. The van der Waals surface area contributed by atoms with Crippen molar-refractivity contribution in [3.05, 3.63) is 35.4 Å². The smallest absolute Gasteiger partial charge is 0.408 e. The maximum Gasteiger partial charge on any atom is 0.408 e. The second-order valence-electron chi connectivity index (χ2n) is 8.80. The molecule has 0 bridgehead atoms. The van der Waals surface area contributed by atoms with E-state index in [0.29, 0.717) is 19.5 Å². The maximum atomic E-state index is 12.3. The fourth-order valence-corrected chi connectivity index (χ4v) is 3.73. The van der Waals surface area contributed by atoms with Gasteiger partial charge in [-0.2, -0.15) is 0 Å². The zero-order chi connectivity index (χ0) is 22.1. The number of pyridine rings is 1. The molecule has 2 atom stereocenters. The number of hydrogen-bond acceptors (Lipinski definition) is 5. The number of anilines is 1. The minimum atomic E-state index is -1.02. The number of aromatic nitrogens is 1. The lowest BCUT2D eigenvalue weighted by Crippen LogP contribution is -2.37. The standard InChI is InChI=1S/C22H30N4O4/c1-13-7-6-8-15-11-17(14(2)23-21(29)30-22(3,4)5)19(25-18(13)15)26-10-9-16(12-26)24-20(27)28/h6-8,11,14,16,24H,9-10,12H2,1-5H3,(H,23,29)(H,27,28)/t14-,16-/m0/s1. The molecule has 2 aromatic rings. The van der Waals surface area contributed by atoms with Gasteiger partial charge in [-0.05, 0) is 52.7 Å². The molecule has 162 valence electrons. The molecule has 0 radical (unpaired) electrons. The van der Waals surface area contributed by atoms with E-state index in [1.54, 1.807) is 0 Å². The summed E-state index contributed by atoms with van der Waals surface area (Å²) < 4.78 is 5.40. The van der Waals surface area contributed by atoms with E-state index < -0.39 is 17.8 Å². The van der Waals surface area contributed by atoms with Crippen LogP contribution in [0.2, 0.25) is 0 Å². The molecule has 1 aliphatic heterocycles. The molecule has 8 nitrogen and oxygen atoms in total. The first-order valence-electron chi connectivity index (χ1n) is 10.2. The normalized spacial score (nSPS) is 17.6. The predicted molar refractivity (Wildman–Crippen MR) is 116 cm³/mol. The quantitative estimate of drug-likeness (QED) is 0.699. The topological polar surface area (TPSA) is 104 Å². The Morgan fingerprint density at radius 3 is 2.73 bits per heavy atom. The summed E-state index contributed by atoms with van der Waals surface area (Å²) in [5.41, 5.74) is 2.24. The Morgan fingerprint density at radius 2 is 2.07 bits per heavy atom. The summed E-state index contributed by atoms with van der Waals surface area (Å²) in [5.74, 6) is 0.759. The Kier molecular flexibility index (Phi) is 6.05. The Hall–Kier alpha value is -3.03. The van der Waals surface area contributed by atoms with E-state index in [9.17, 15) is 9.59 Å². The number of carbonyl (C=O) groups excluding carboxylic acids is 1. The monoisotopic (exact) mass is 414 g/mol. The van der Waals surface area contributed by atoms with E-state index in [4.69, 9.17) is 14.8 Å². The lowest BCUT2D eigenvalue weighted by molar-refractivity contribution is 0.0508. The SMILES string of the molecule is Cc1cccc2cc([C@H](C)NC(=O)OC(C)(C)C)c(N3CC[C@H](NC(=O)O)C3)nc12.